The van der Waals surface area contributed by atoms with Crippen LogP contribution in [-0.2, 0) is 9.84 Å². The molecule has 1 amide bonds. The number of nitrogens with zero attached hydrogens (tertiary/aromatic N) is 3. The van der Waals surface area contributed by atoms with Gasteiger partial charge in [-0.1, -0.05) is 6.07 Å². The van der Waals surface area contributed by atoms with E-state index in [0.717, 1.165) is 12.3 Å². The molecule has 2 N–H and O–H groups in total. The molecule has 162 valence electrons. The van der Waals surface area contributed by atoms with Crippen molar-refractivity contribution in [2.24, 2.45) is 0 Å². The number of amides is 1. The van der Waals surface area contributed by atoms with E-state index >= 15 is 0 Å². The van der Waals surface area contributed by atoms with Gasteiger partial charge in [-0.2, -0.15) is 0 Å². The summed E-state index contributed by atoms with van der Waals surface area (Å²) in [5.74, 6) is -0.305. The lowest BCUT2D eigenvalue weighted by molar-refractivity contribution is -0.384. The fraction of sp³-hybridized carbons (Fsp3) is 0.211. The number of nitro groups is 1. The minimum atomic E-state index is -3.56. The Morgan fingerprint density at radius 3 is 2.65 bits per heavy atom. The highest BCUT2D eigenvalue weighted by Gasteiger charge is 2.19. The van der Waals surface area contributed by atoms with E-state index in [-0.39, 0.29) is 35.3 Å². The van der Waals surface area contributed by atoms with Gasteiger partial charge < -0.3 is 10.6 Å². The van der Waals surface area contributed by atoms with Gasteiger partial charge in [-0.05, 0) is 31.2 Å². The highest BCUT2D eigenvalue weighted by Crippen LogP contribution is 2.28. The number of carbonyl (C=O) groups excluding carboxylic acids is 1. The van der Waals surface area contributed by atoms with Crippen molar-refractivity contribution in [3.05, 3.63) is 63.3 Å². The van der Waals surface area contributed by atoms with Crippen LogP contribution < -0.4 is 10.6 Å². The number of hydrogen-bond acceptors (Lipinski definition) is 9. The van der Waals surface area contributed by atoms with Crippen molar-refractivity contribution in [1.82, 2.24) is 15.3 Å². The lowest BCUT2D eigenvalue weighted by atomic mass is 10.2. The van der Waals surface area contributed by atoms with Gasteiger partial charge in [0.2, 0.25) is 0 Å². The summed E-state index contributed by atoms with van der Waals surface area (Å²) in [6.07, 6.45) is 2.63. The van der Waals surface area contributed by atoms with Crippen molar-refractivity contribution in [3.63, 3.8) is 0 Å². The molecule has 0 fully saturated rings. The number of aryl methyl sites for hydroxylation is 1. The van der Waals surface area contributed by atoms with E-state index < -0.39 is 14.8 Å². The van der Waals surface area contributed by atoms with E-state index in [1.165, 1.54) is 23.5 Å². The van der Waals surface area contributed by atoms with Gasteiger partial charge in [0.1, 0.15) is 15.6 Å². The Morgan fingerprint density at radius 2 is 2.00 bits per heavy atom. The molecule has 12 heteroatoms. The zero-order chi connectivity index (χ0) is 22.6. The van der Waals surface area contributed by atoms with E-state index in [9.17, 15) is 23.3 Å². The van der Waals surface area contributed by atoms with Crippen LogP contribution in [0.2, 0.25) is 0 Å². The summed E-state index contributed by atoms with van der Waals surface area (Å²) < 4.78 is 23.2. The van der Waals surface area contributed by atoms with Crippen LogP contribution in [0.1, 0.15) is 15.4 Å². The maximum atomic E-state index is 12.5. The third kappa shape index (κ3) is 5.41. The van der Waals surface area contributed by atoms with Gasteiger partial charge in [-0.25, -0.2) is 13.4 Å². The van der Waals surface area contributed by atoms with Gasteiger partial charge in [0.25, 0.3) is 11.6 Å². The first kappa shape index (κ1) is 22.3. The molecular weight excluding hydrogens is 442 g/mol. The second-order valence-electron chi connectivity index (χ2n) is 6.54. The molecule has 3 aromatic rings. The third-order valence-corrected chi connectivity index (χ3v) is 6.50. The molecule has 0 saturated carbocycles. The number of aromatic nitrogens is 2. The number of sulfone groups is 1. The molecule has 31 heavy (non-hydrogen) atoms. The minimum absolute atomic E-state index is 0.137. The zero-order valence-electron chi connectivity index (χ0n) is 16.7. The van der Waals surface area contributed by atoms with Crippen molar-refractivity contribution in [2.45, 2.75) is 11.8 Å². The van der Waals surface area contributed by atoms with Crippen molar-refractivity contribution in [2.75, 3.05) is 24.7 Å². The normalized spacial score (nSPS) is 11.2. The number of pyridine rings is 1. The largest absolute Gasteiger partial charge is 0.378 e. The molecule has 0 aliphatic rings. The number of nitro benzene ring substituents is 1. The summed E-state index contributed by atoms with van der Waals surface area (Å²) in [6.45, 7) is 2.14. The predicted molar refractivity (Wildman–Crippen MR) is 117 cm³/mol. The monoisotopic (exact) mass is 461 g/mol. The molecule has 10 nitrogen and oxygen atoms in total. The second kappa shape index (κ2) is 9.18. The minimum Gasteiger partial charge on any atom is -0.378 e. The highest BCUT2D eigenvalue weighted by molar-refractivity contribution is 7.90. The van der Waals surface area contributed by atoms with Crippen molar-refractivity contribution < 1.29 is 18.1 Å². The average molecular weight is 462 g/mol. The number of anilines is 1. The summed E-state index contributed by atoms with van der Waals surface area (Å²) in [4.78, 5) is 32.1. The fourth-order valence-electron chi connectivity index (χ4n) is 2.70. The lowest BCUT2D eigenvalue weighted by Gasteiger charge is -2.09. The van der Waals surface area contributed by atoms with Crippen LogP contribution in [0.15, 0.2) is 47.5 Å². The Labute approximate surface area is 182 Å². The fourth-order valence-corrected chi connectivity index (χ4v) is 4.30. The molecule has 0 bridgehead atoms. The SMILES string of the molecule is Cc1nc(-c2ccccn2)sc1C(=O)NCCNc1ccc(S(C)(=O)=O)cc1[N+](=O)[O-]. The molecule has 3 rings (SSSR count). The Bertz CT molecular complexity index is 1230. The van der Waals surface area contributed by atoms with E-state index in [0.29, 0.717) is 21.3 Å². The molecule has 0 atom stereocenters. The number of nitrogens with one attached hydrogen (secondary N) is 2. The Balaban J connectivity index is 1.62. The number of benzene rings is 1. The van der Waals surface area contributed by atoms with Crippen LogP contribution in [-0.4, -0.2) is 48.6 Å². The summed E-state index contributed by atoms with van der Waals surface area (Å²) in [6, 6.07) is 9.09. The van der Waals surface area contributed by atoms with E-state index in [1.54, 1.807) is 19.2 Å². The van der Waals surface area contributed by atoms with Crippen molar-refractivity contribution in [3.8, 4) is 10.7 Å². The summed E-state index contributed by atoms with van der Waals surface area (Å²) in [5.41, 5.74) is 1.08. The van der Waals surface area contributed by atoms with Gasteiger partial charge in [0.15, 0.2) is 9.84 Å². The summed E-state index contributed by atoms with van der Waals surface area (Å²) >= 11 is 1.23. The molecule has 0 radical (unpaired) electrons. The lowest BCUT2D eigenvalue weighted by Crippen LogP contribution is -2.28. The Hall–Kier alpha value is -3.38. The van der Waals surface area contributed by atoms with Gasteiger partial charge >= 0.3 is 0 Å². The topological polar surface area (TPSA) is 144 Å². The number of hydrogen-bond donors (Lipinski definition) is 2. The Morgan fingerprint density at radius 1 is 1.23 bits per heavy atom. The molecule has 0 spiro atoms. The maximum Gasteiger partial charge on any atom is 0.293 e. The van der Waals surface area contributed by atoms with Crippen LogP contribution in [0.25, 0.3) is 10.7 Å². The number of carbonyl (C=O) groups is 1. The standard InChI is InChI=1S/C19H19N5O5S2/c1-12-17(30-19(23-12)15-5-3-4-8-20-15)18(25)22-10-9-21-14-7-6-13(31(2,28)29)11-16(14)24(26)27/h3-8,11,21H,9-10H2,1-2H3,(H,22,25). The average Bonchev–Trinajstić information content (AvgIpc) is 3.12. The summed E-state index contributed by atoms with van der Waals surface area (Å²) in [7, 11) is -3.56. The number of rotatable bonds is 8. The predicted octanol–water partition coefficient (Wildman–Crippen LogP) is 2.67. The number of thiazole rings is 1. The molecule has 2 heterocycles. The molecule has 0 aliphatic carbocycles. The smallest absolute Gasteiger partial charge is 0.293 e. The van der Waals surface area contributed by atoms with Gasteiger partial charge in [-0.15, -0.1) is 11.3 Å². The molecular formula is C19H19N5O5S2. The molecule has 0 unspecified atom stereocenters. The van der Waals surface area contributed by atoms with Gasteiger partial charge in [-0.3, -0.25) is 19.9 Å². The summed E-state index contributed by atoms with van der Waals surface area (Å²) in [5, 5.41) is 17.5. The van der Waals surface area contributed by atoms with Crippen molar-refractivity contribution >= 4 is 38.5 Å². The molecule has 1 aromatic carbocycles. The quantitative estimate of drug-likeness (QED) is 0.296. The van der Waals surface area contributed by atoms with Crippen LogP contribution >= 0.6 is 11.3 Å². The third-order valence-electron chi connectivity index (χ3n) is 4.21. The maximum absolute atomic E-state index is 12.5. The van der Waals surface area contributed by atoms with E-state index in [2.05, 4.69) is 20.6 Å². The van der Waals surface area contributed by atoms with Crippen LogP contribution in [0.3, 0.4) is 0 Å². The van der Waals surface area contributed by atoms with Crippen LogP contribution in [0.4, 0.5) is 11.4 Å². The molecule has 0 saturated heterocycles. The Kier molecular flexibility index (Phi) is 6.61. The second-order valence-corrected chi connectivity index (χ2v) is 9.55. The van der Waals surface area contributed by atoms with Gasteiger partial charge in [0.05, 0.1) is 21.2 Å². The van der Waals surface area contributed by atoms with E-state index in [4.69, 9.17) is 0 Å². The van der Waals surface area contributed by atoms with Crippen molar-refractivity contribution in [1.29, 1.82) is 0 Å². The van der Waals surface area contributed by atoms with Crippen LogP contribution in [0.5, 0.6) is 0 Å². The van der Waals surface area contributed by atoms with Gasteiger partial charge in [0, 0.05) is 31.6 Å². The van der Waals surface area contributed by atoms with E-state index in [1.807, 2.05) is 12.1 Å². The molecule has 2 aromatic heterocycles. The highest BCUT2D eigenvalue weighted by atomic mass is 32.2. The first-order valence-corrected chi connectivity index (χ1v) is 11.8. The first-order valence-electron chi connectivity index (χ1n) is 9.06. The van der Waals surface area contributed by atoms with Crippen LogP contribution in [0, 0.1) is 17.0 Å². The zero-order valence-corrected chi connectivity index (χ0v) is 18.3. The molecule has 0 aliphatic heterocycles. The first-order chi connectivity index (χ1) is 14.7.